The zero-order valence-corrected chi connectivity index (χ0v) is 15.8. The Labute approximate surface area is 159 Å². The first-order valence-corrected chi connectivity index (χ1v) is 9.19. The average Bonchev–Trinajstić information content (AvgIpc) is 3.23. The fraction of sp³-hybridized carbons (Fsp3) is 0.278. The van der Waals surface area contributed by atoms with Crippen molar-refractivity contribution in [2.75, 3.05) is 5.32 Å². The minimum Gasteiger partial charge on any atom is -0.469 e. The average molecular weight is 392 g/mol. The zero-order chi connectivity index (χ0) is 19.6. The van der Waals surface area contributed by atoms with Crippen LogP contribution in [0, 0.1) is 18.6 Å². The van der Waals surface area contributed by atoms with Crippen LogP contribution in [0.4, 0.5) is 14.5 Å². The van der Waals surface area contributed by atoms with E-state index in [4.69, 9.17) is 4.42 Å². The van der Waals surface area contributed by atoms with Crippen LogP contribution in [-0.2, 0) is 11.3 Å². The van der Waals surface area contributed by atoms with Gasteiger partial charge in [0.2, 0.25) is 5.91 Å². The van der Waals surface area contributed by atoms with Gasteiger partial charge in [-0.2, -0.15) is 0 Å². The molecule has 9 heteroatoms. The number of carbonyl (C=O) groups excluding carboxylic acids is 1. The molecule has 0 radical (unpaired) electrons. The first-order chi connectivity index (χ1) is 12.9. The molecule has 0 aliphatic carbocycles. The maximum absolute atomic E-state index is 13.3. The highest BCUT2D eigenvalue weighted by molar-refractivity contribution is 8.00. The topological polar surface area (TPSA) is 73.0 Å². The summed E-state index contributed by atoms with van der Waals surface area (Å²) in [7, 11) is 0. The number of benzene rings is 1. The number of nitrogens with one attached hydrogen (secondary N) is 1. The molecular weight excluding hydrogens is 374 g/mol. The van der Waals surface area contributed by atoms with Gasteiger partial charge in [0.15, 0.2) is 22.6 Å². The Hall–Kier alpha value is -2.68. The highest BCUT2D eigenvalue weighted by Gasteiger charge is 2.22. The Kier molecular flexibility index (Phi) is 5.59. The number of carbonyl (C=O) groups is 1. The Morgan fingerprint density at radius 3 is 2.70 bits per heavy atom. The third-order valence-corrected chi connectivity index (χ3v) is 5.05. The van der Waals surface area contributed by atoms with Crippen LogP contribution >= 0.6 is 11.8 Å². The minimum atomic E-state index is -1.01. The van der Waals surface area contributed by atoms with Crippen LogP contribution in [0.5, 0.6) is 0 Å². The second kappa shape index (κ2) is 7.91. The van der Waals surface area contributed by atoms with Crippen molar-refractivity contribution in [3.8, 4) is 11.4 Å². The number of hydrogen-bond donors (Lipinski definition) is 1. The van der Waals surface area contributed by atoms with E-state index < -0.39 is 16.9 Å². The number of aryl methyl sites for hydroxylation is 1. The van der Waals surface area contributed by atoms with Gasteiger partial charge in [0, 0.05) is 18.3 Å². The normalized spacial score (nSPS) is 12.2. The number of thioether (sulfide) groups is 1. The Bertz CT molecular complexity index is 970. The maximum atomic E-state index is 13.3. The van der Waals surface area contributed by atoms with Gasteiger partial charge in [-0.15, -0.1) is 10.2 Å². The Morgan fingerprint density at radius 2 is 2.07 bits per heavy atom. The van der Waals surface area contributed by atoms with Crippen LogP contribution in [0.2, 0.25) is 0 Å². The molecule has 3 aromatic rings. The highest BCUT2D eigenvalue weighted by atomic mass is 32.2. The molecule has 1 N–H and O–H groups in total. The summed E-state index contributed by atoms with van der Waals surface area (Å²) in [6.45, 7) is 6.12. The standard InChI is InChI=1S/C18H18F2N4O2S/c1-4-24-16(13-7-8-26-10(13)2)22-23-18(24)27-11(3)17(25)21-12-5-6-14(19)15(20)9-12/h5-9,11H,4H2,1-3H3,(H,21,25)/t11-/m0/s1. The molecule has 0 unspecified atom stereocenters. The molecule has 0 spiro atoms. The van der Waals surface area contributed by atoms with E-state index in [-0.39, 0.29) is 11.6 Å². The summed E-state index contributed by atoms with van der Waals surface area (Å²) in [4.78, 5) is 12.4. The van der Waals surface area contributed by atoms with Gasteiger partial charge < -0.3 is 14.3 Å². The van der Waals surface area contributed by atoms with Gasteiger partial charge in [-0.1, -0.05) is 11.8 Å². The summed E-state index contributed by atoms with van der Waals surface area (Å²) in [6, 6.07) is 5.04. The van der Waals surface area contributed by atoms with E-state index >= 15 is 0 Å². The SMILES string of the molecule is CCn1c(S[C@@H](C)C(=O)Nc2ccc(F)c(F)c2)nnc1-c1ccoc1C. The van der Waals surface area contributed by atoms with E-state index in [1.54, 1.807) is 13.2 Å². The van der Waals surface area contributed by atoms with E-state index in [9.17, 15) is 13.6 Å². The Morgan fingerprint density at radius 1 is 1.30 bits per heavy atom. The fourth-order valence-corrected chi connectivity index (χ4v) is 3.42. The molecule has 1 aromatic carbocycles. The molecule has 0 saturated heterocycles. The molecule has 3 rings (SSSR count). The molecule has 0 aliphatic heterocycles. The summed E-state index contributed by atoms with van der Waals surface area (Å²) in [6.07, 6.45) is 1.59. The molecule has 2 aromatic heterocycles. The molecule has 0 bridgehead atoms. The molecule has 142 valence electrons. The predicted molar refractivity (Wildman–Crippen MR) is 98.4 cm³/mol. The number of halogens is 2. The van der Waals surface area contributed by atoms with Crippen LogP contribution in [0.25, 0.3) is 11.4 Å². The molecule has 1 amide bonds. The van der Waals surface area contributed by atoms with E-state index in [0.29, 0.717) is 17.5 Å². The largest absolute Gasteiger partial charge is 0.469 e. The number of furan rings is 1. The van der Waals surface area contributed by atoms with Crippen LogP contribution in [0.3, 0.4) is 0 Å². The molecule has 2 heterocycles. The van der Waals surface area contributed by atoms with Gasteiger partial charge in [-0.05, 0) is 39.0 Å². The second-order valence-corrected chi connectivity index (χ2v) is 7.13. The van der Waals surface area contributed by atoms with Crippen LogP contribution in [-0.4, -0.2) is 25.9 Å². The van der Waals surface area contributed by atoms with Crippen LogP contribution < -0.4 is 5.32 Å². The lowest BCUT2D eigenvalue weighted by Crippen LogP contribution is -2.23. The van der Waals surface area contributed by atoms with Gasteiger partial charge in [-0.3, -0.25) is 4.79 Å². The summed E-state index contributed by atoms with van der Waals surface area (Å²) in [5, 5.41) is 11.0. The highest BCUT2D eigenvalue weighted by Crippen LogP contribution is 2.29. The van der Waals surface area contributed by atoms with Gasteiger partial charge in [0.1, 0.15) is 5.76 Å². The van der Waals surface area contributed by atoms with E-state index in [1.165, 1.54) is 17.8 Å². The van der Waals surface area contributed by atoms with Gasteiger partial charge in [0.05, 0.1) is 17.1 Å². The van der Waals surface area contributed by atoms with Crippen molar-refractivity contribution in [3.05, 3.63) is 47.9 Å². The third kappa shape index (κ3) is 4.02. The summed E-state index contributed by atoms with van der Waals surface area (Å²) < 4.78 is 33.5. The van der Waals surface area contributed by atoms with Crippen molar-refractivity contribution in [2.24, 2.45) is 0 Å². The summed E-state index contributed by atoms with van der Waals surface area (Å²) in [5.41, 5.74) is 1.04. The zero-order valence-electron chi connectivity index (χ0n) is 15.0. The molecule has 6 nitrogen and oxygen atoms in total. The molecule has 0 saturated carbocycles. The van der Waals surface area contributed by atoms with Crippen molar-refractivity contribution in [3.63, 3.8) is 0 Å². The fourth-order valence-electron chi connectivity index (χ4n) is 2.51. The minimum absolute atomic E-state index is 0.193. The number of amides is 1. The number of hydrogen-bond acceptors (Lipinski definition) is 5. The third-order valence-electron chi connectivity index (χ3n) is 3.97. The van der Waals surface area contributed by atoms with Gasteiger partial charge >= 0.3 is 0 Å². The van der Waals surface area contributed by atoms with Gasteiger partial charge in [-0.25, -0.2) is 8.78 Å². The lowest BCUT2D eigenvalue weighted by Gasteiger charge is -2.13. The lowest BCUT2D eigenvalue weighted by atomic mass is 10.2. The Balaban J connectivity index is 1.74. The maximum Gasteiger partial charge on any atom is 0.237 e. The van der Waals surface area contributed by atoms with Crippen molar-refractivity contribution < 1.29 is 18.0 Å². The summed E-state index contributed by atoms with van der Waals surface area (Å²) in [5.74, 6) is -0.928. The quantitative estimate of drug-likeness (QED) is 0.635. The van der Waals surface area contributed by atoms with Crippen LogP contribution in [0.1, 0.15) is 19.6 Å². The molecule has 0 aliphatic rings. The number of rotatable bonds is 6. The molecule has 0 fully saturated rings. The number of nitrogens with zero attached hydrogens (tertiary/aromatic N) is 3. The number of aromatic nitrogens is 3. The smallest absolute Gasteiger partial charge is 0.237 e. The van der Waals surface area contributed by atoms with Gasteiger partial charge in [0.25, 0.3) is 0 Å². The van der Waals surface area contributed by atoms with E-state index in [2.05, 4.69) is 15.5 Å². The number of anilines is 1. The molecule has 1 atom stereocenters. The van der Waals surface area contributed by atoms with Crippen molar-refractivity contribution in [1.82, 2.24) is 14.8 Å². The first kappa shape index (κ1) is 19.1. The van der Waals surface area contributed by atoms with Crippen molar-refractivity contribution in [1.29, 1.82) is 0 Å². The first-order valence-electron chi connectivity index (χ1n) is 8.31. The second-order valence-electron chi connectivity index (χ2n) is 5.82. The molecule has 27 heavy (non-hydrogen) atoms. The predicted octanol–water partition coefficient (Wildman–Crippen LogP) is 4.26. The van der Waals surface area contributed by atoms with Crippen LogP contribution in [0.15, 0.2) is 40.1 Å². The monoisotopic (exact) mass is 392 g/mol. The lowest BCUT2D eigenvalue weighted by molar-refractivity contribution is -0.115. The van der Waals surface area contributed by atoms with E-state index in [1.807, 2.05) is 24.5 Å². The van der Waals surface area contributed by atoms with Crippen molar-refractivity contribution in [2.45, 2.75) is 37.7 Å². The van der Waals surface area contributed by atoms with E-state index in [0.717, 1.165) is 23.5 Å². The molecular formula is C18H18F2N4O2S. The summed E-state index contributed by atoms with van der Waals surface area (Å²) >= 11 is 1.23. The van der Waals surface area contributed by atoms with Crippen molar-refractivity contribution >= 4 is 23.4 Å².